The average Bonchev–Trinajstić information content (AvgIpc) is 2.93. The smallest absolute Gasteiger partial charge is 0.326 e. The molecule has 0 spiro atoms. The number of benzene rings is 1. The summed E-state index contributed by atoms with van der Waals surface area (Å²) < 4.78 is 5.01. The summed E-state index contributed by atoms with van der Waals surface area (Å²) in [5.41, 5.74) is 2.15. The molecule has 1 aromatic rings. The van der Waals surface area contributed by atoms with Gasteiger partial charge in [0, 0.05) is 6.54 Å². The summed E-state index contributed by atoms with van der Waals surface area (Å²) in [4.78, 5) is 20.2. The van der Waals surface area contributed by atoms with Crippen molar-refractivity contribution in [1.82, 2.24) is 0 Å². The highest BCUT2D eigenvalue weighted by Gasteiger charge is 2.35. The molecule has 0 bridgehead atoms. The third kappa shape index (κ3) is 2.32. The number of carbonyl (C=O) groups is 1. The normalized spacial score (nSPS) is 15.5. The number of rotatable bonds is 3. The van der Waals surface area contributed by atoms with Crippen molar-refractivity contribution in [2.75, 3.05) is 36.0 Å². The van der Waals surface area contributed by atoms with E-state index in [0.29, 0.717) is 6.61 Å². The number of esters is 1. The van der Waals surface area contributed by atoms with Crippen molar-refractivity contribution in [3.63, 3.8) is 0 Å². The second-order valence-electron chi connectivity index (χ2n) is 4.21. The Bertz CT molecular complexity index is 518. The van der Waals surface area contributed by atoms with E-state index in [1.54, 1.807) is 0 Å². The maximum absolute atomic E-state index is 11.7. The van der Waals surface area contributed by atoms with E-state index in [2.05, 4.69) is 16.0 Å². The van der Waals surface area contributed by atoms with Crippen LogP contribution in [0, 0.1) is 0 Å². The minimum Gasteiger partial charge on any atom is -0.465 e. The molecule has 19 heavy (non-hydrogen) atoms. The van der Waals surface area contributed by atoms with Gasteiger partial charge in [-0.15, -0.1) is 17.0 Å². The first-order valence-electron chi connectivity index (χ1n) is 6.15. The summed E-state index contributed by atoms with van der Waals surface area (Å²) in [5.74, 6) is 0.646. The Kier molecular flexibility index (Phi) is 4.09. The Balaban J connectivity index is 0.00000133. The Labute approximate surface area is 122 Å². The standard InChI is InChI=1S/C13H15N3O2.BrH/c1-2-18-12(17)9-16-11-6-4-3-5-10(11)15-8-7-14-13(15)16;/h3-6H,2,7-9H2,1H3;1H. The summed E-state index contributed by atoms with van der Waals surface area (Å²) in [6.45, 7) is 4.11. The van der Waals surface area contributed by atoms with Gasteiger partial charge < -0.3 is 9.64 Å². The van der Waals surface area contributed by atoms with E-state index < -0.39 is 0 Å². The fourth-order valence-corrected chi connectivity index (χ4v) is 2.41. The molecule has 6 heteroatoms. The largest absolute Gasteiger partial charge is 0.465 e. The SMILES string of the molecule is Br.CCOC(=O)CN1C2=NCCN2c2ccccc21. The van der Waals surface area contributed by atoms with Crippen molar-refractivity contribution in [2.24, 2.45) is 4.99 Å². The summed E-state index contributed by atoms with van der Waals surface area (Å²) in [5, 5.41) is 0. The van der Waals surface area contributed by atoms with Crippen molar-refractivity contribution < 1.29 is 9.53 Å². The molecular weight excluding hydrogens is 310 g/mol. The molecule has 3 rings (SSSR count). The van der Waals surface area contributed by atoms with Crippen LogP contribution in [0.5, 0.6) is 0 Å². The van der Waals surface area contributed by atoms with Gasteiger partial charge in [-0.3, -0.25) is 14.7 Å². The molecule has 0 radical (unpaired) electrons. The van der Waals surface area contributed by atoms with E-state index in [1.807, 2.05) is 30.0 Å². The zero-order valence-electron chi connectivity index (χ0n) is 10.7. The zero-order chi connectivity index (χ0) is 12.5. The average molecular weight is 326 g/mol. The lowest BCUT2D eigenvalue weighted by Gasteiger charge is -2.18. The first kappa shape index (κ1) is 13.9. The van der Waals surface area contributed by atoms with E-state index in [0.717, 1.165) is 30.4 Å². The Morgan fingerprint density at radius 1 is 1.37 bits per heavy atom. The van der Waals surface area contributed by atoms with Crippen LogP contribution in [-0.4, -0.2) is 38.2 Å². The maximum Gasteiger partial charge on any atom is 0.326 e. The first-order valence-corrected chi connectivity index (χ1v) is 6.15. The first-order chi connectivity index (χ1) is 8.81. The van der Waals surface area contributed by atoms with Crippen LogP contribution >= 0.6 is 17.0 Å². The van der Waals surface area contributed by atoms with Crippen molar-refractivity contribution in [3.05, 3.63) is 24.3 Å². The zero-order valence-corrected chi connectivity index (χ0v) is 12.4. The maximum atomic E-state index is 11.7. The number of carbonyl (C=O) groups excluding carboxylic acids is 1. The third-order valence-corrected chi connectivity index (χ3v) is 3.12. The highest BCUT2D eigenvalue weighted by Crippen LogP contribution is 2.38. The van der Waals surface area contributed by atoms with Crippen LogP contribution in [0.1, 0.15) is 6.92 Å². The summed E-state index contributed by atoms with van der Waals surface area (Å²) in [6.07, 6.45) is 0. The van der Waals surface area contributed by atoms with E-state index in [1.165, 1.54) is 0 Å². The number of aliphatic imine (C=N–C) groups is 1. The number of ether oxygens (including phenoxy) is 1. The highest BCUT2D eigenvalue weighted by molar-refractivity contribution is 8.93. The molecular formula is C13H16BrN3O2. The van der Waals surface area contributed by atoms with E-state index in [4.69, 9.17) is 4.74 Å². The lowest BCUT2D eigenvalue weighted by molar-refractivity contribution is -0.141. The Morgan fingerprint density at radius 2 is 2.11 bits per heavy atom. The third-order valence-electron chi connectivity index (χ3n) is 3.12. The number of hydrogen-bond acceptors (Lipinski definition) is 5. The van der Waals surface area contributed by atoms with Crippen LogP contribution < -0.4 is 9.80 Å². The molecule has 0 atom stereocenters. The number of halogens is 1. The van der Waals surface area contributed by atoms with Crippen LogP contribution in [0.4, 0.5) is 11.4 Å². The second kappa shape index (κ2) is 5.61. The molecule has 0 aliphatic carbocycles. The predicted molar refractivity (Wildman–Crippen MR) is 80.4 cm³/mol. The number of para-hydroxylation sites is 2. The summed E-state index contributed by atoms with van der Waals surface area (Å²) in [6, 6.07) is 8.04. The molecule has 1 aromatic carbocycles. The predicted octanol–water partition coefficient (Wildman–Crippen LogP) is 1.82. The van der Waals surface area contributed by atoms with Crippen LogP contribution in [0.25, 0.3) is 0 Å². The van der Waals surface area contributed by atoms with Crippen molar-refractivity contribution >= 4 is 40.3 Å². The lowest BCUT2D eigenvalue weighted by atomic mass is 10.2. The Hall–Kier alpha value is -1.56. The molecule has 5 nitrogen and oxygen atoms in total. The molecule has 102 valence electrons. The van der Waals surface area contributed by atoms with Crippen molar-refractivity contribution in [2.45, 2.75) is 6.92 Å². The van der Waals surface area contributed by atoms with Gasteiger partial charge in [-0.1, -0.05) is 12.1 Å². The van der Waals surface area contributed by atoms with Crippen molar-refractivity contribution in [3.8, 4) is 0 Å². The molecule has 2 aliphatic rings. The van der Waals surface area contributed by atoms with Gasteiger partial charge in [0.15, 0.2) is 0 Å². The number of anilines is 2. The van der Waals surface area contributed by atoms with Crippen LogP contribution in [0.3, 0.4) is 0 Å². The molecule has 0 amide bonds. The molecule has 0 saturated heterocycles. The quantitative estimate of drug-likeness (QED) is 0.795. The second-order valence-corrected chi connectivity index (χ2v) is 4.21. The van der Waals surface area contributed by atoms with Crippen LogP contribution in [-0.2, 0) is 9.53 Å². The highest BCUT2D eigenvalue weighted by atomic mass is 79.9. The van der Waals surface area contributed by atoms with Gasteiger partial charge >= 0.3 is 5.97 Å². The van der Waals surface area contributed by atoms with Crippen LogP contribution in [0.15, 0.2) is 29.3 Å². The summed E-state index contributed by atoms with van der Waals surface area (Å²) >= 11 is 0. The minimum atomic E-state index is -0.219. The monoisotopic (exact) mass is 325 g/mol. The molecule has 0 unspecified atom stereocenters. The minimum absolute atomic E-state index is 0. The fraction of sp³-hybridized carbons (Fsp3) is 0.385. The molecule has 2 aliphatic heterocycles. The Morgan fingerprint density at radius 3 is 2.84 bits per heavy atom. The molecule has 0 aromatic heterocycles. The van der Waals surface area contributed by atoms with E-state index in [9.17, 15) is 4.79 Å². The van der Waals surface area contributed by atoms with Gasteiger partial charge in [0.2, 0.25) is 5.96 Å². The summed E-state index contributed by atoms with van der Waals surface area (Å²) in [7, 11) is 0. The molecule has 0 fully saturated rings. The number of guanidine groups is 1. The number of nitrogens with zero attached hydrogens (tertiary/aromatic N) is 3. The van der Waals surface area contributed by atoms with Gasteiger partial charge in [-0.25, -0.2) is 0 Å². The van der Waals surface area contributed by atoms with Gasteiger partial charge in [-0.2, -0.15) is 0 Å². The van der Waals surface area contributed by atoms with Gasteiger partial charge in [0.05, 0.1) is 24.5 Å². The molecule has 2 heterocycles. The van der Waals surface area contributed by atoms with E-state index >= 15 is 0 Å². The van der Waals surface area contributed by atoms with Gasteiger partial charge in [-0.05, 0) is 19.1 Å². The fourth-order valence-electron chi connectivity index (χ4n) is 2.41. The van der Waals surface area contributed by atoms with Gasteiger partial charge in [0.25, 0.3) is 0 Å². The topological polar surface area (TPSA) is 45.1 Å². The molecule has 0 saturated carbocycles. The van der Waals surface area contributed by atoms with Crippen LogP contribution in [0.2, 0.25) is 0 Å². The molecule has 0 N–H and O–H groups in total. The lowest BCUT2D eigenvalue weighted by Crippen LogP contribution is -2.39. The number of hydrogen-bond donors (Lipinski definition) is 0. The number of fused-ring (bicyclic) bond motifs is 3. The van der Waals surface area contributed by atoms with E-state index in [-0.39, 0.29) is 29.5 Å². The van der Waals surface area contributed by atoms with Crippen molar-refractivity contribution in [1.29, 1.82) is 0 Å². The van der Waals surface area contributed by atoms with Gasteiger partial charge in [0.1, 0.15) is 6.54 Å².